The van der Waals surface area contributed by atoms with Crippen LogP contribution in [0.3, 0.4) is 0 Å². The summed E-state index contributed by atoms with van der Waals surface area (Å²) in [6.07, 6.45) is 0.851. The van der Waals surface area contributed by atoms with Gasteiger partial charge in [-0.3, -0.25) is 4.57 Å². The molecule has 0 amide bonds. The number of carbonyl (C=O) groups is 1. The molecule has 1 aromatic carbocycles. The van der Waals surface area contributed by atoms with Crippen molar-refractivity contribution >= 4 is 28.6 Å². The Labute approximate surface area is 140 Å². The van der Waals surface area contributed by atoms with Crippen LogP contribution in [-0.4, -0.2) is 27.7 Å². The first kappa shape index (κ1) is 16.3. The van der Waals surface area contributed by atoms with E-state index >= 15 is 0 Å². The van der Waals surface area contributed by atoms with E-state index in [0.717, 1.165) is 29.9 Å². The summed E-state index contributed by atoms with van der Waals surface area (Å²) in [5.74, 6) is 0.412. The number of ether oxygens (including phenoxy) is 2. The smallest absolute Gasteiger partial charge is 0.338 e. The van der Waals surface area contributed by atoms with Gasteiger partial charge in [-0.2, -0.15) is 0 Å². The second-order valence-electron chi connectivity index (χ2n) is 6.78. The summed E-state index contributed by atoms with van der Waals surface area (Å²) >= 11 is 6.26. The van der Waals surface area contributed by atoms with E-state index < -0.39 is 5.60 Å². The van der Waals surface area contributed by atoms with Gasteiger partial charge in [-0.25, -0.2) is 9.78 Å². The summed E-state index contributed by atoms with van der Waals surface area (Å²) in [5, 5.41) is -0.239. The minimum Gasteiger partial charge on any atom is -0.456 e. The van der Waals surface area contributed by atoms with E-state index in [1.165, 1.54) is 0 Å². The molecule has 1 aliphatic heterocycles. The van der Waals surface area contributed by atoms with Crippen molar-refractivity contribution in [3.63, 3.8) is 0 Å². The van der Waals surface area contributed by atoms with Crippen molar-refractivity contribution in [2.75, 3.05) is 6.61 Å². The third kappa shape index (κ3) is 3.21. The van der Waals surface area contributed by atoms with Gasteiger partial charge in [0.25, 0.3) is 0 Å². The van der Waals surface area contributed by atoms with Crippen molar-refractivity contribution in [2.24, 2.45) is 0 Å². The Kier molecular flexibility index (Phi) is 4.10. The highest BCUT2D eigenvalue weighted by Crippen LogP contribution is 2.34. The predicted molar refractivity (Wildman–Crippen MR) is 88.8 cm³/mol. The molecule has 1 aromatic heterocycles. The maximum absolute atomic E-state index is 12.3. The van der Waals surface area contributed by atoms with Gasteiger partial charge in [-0.15, -0.1) is 11.6 Å². The zero-order valence-corrected chi connectivity index (χ0v) is 14.6. The first-order chi connectivity index (χ1) is 10.8. The molecule has 1 aliphatic rings. The van der Waals surface area contributed by atoms with Crippen molar-refractivity contribution in [1.29, 1.82) is 0 Å². The number of carbonyl (C=O) groups excluding carboxylic acids is 1. The van der Waals surface area contributed by atoms with Crippen LogP contribution in [0.4, 0.5) is 0 Å². The molecular formula is C17H21ClN2O3. The zero-order valence-electron chi connectivity index (χ0n) is 13.8. The molecule has 0 saturated carbocycles. The van der Waals surface area contributed by atoms with Gasteiger partial charge in [0, 0.05) is 6.42 Å². The van der Waals surface area contributed by atoms with Gasteiger partial charge in [0.1, 0.15) is 17.7 Å². The number of alkyl halides is 1. The summed E-state index contributed by atoms with van der Waals surface area (Å²) in [4.78, 5) is 16.9. The van der Waals surface area contributed by atoms with Gasteiger partial charge in [-0.1, -0.05) is 0 Å². The molecule has 0 N–H and O–H groups in total. The molecule has 1 fully saturated rings. The van der Waals surface area contributed by atoms with Crippen LogP contribution in [0.25, 0.3) is 11.0 Å². The van der Waals surface area contributed by atoms with Crippen molar-refractivity contribution in [1.82, 2.24) is 9.55 Å². The van der Waals surface area contributed by atoms with E-state index in [2.05, 4.69) is 4.98 Å². The second-order valence-corrected chi connectivity index (χ2v) is 7.43. The fourth-order valence-electron chi connectivity index (χ4n) is 2.59. The molecule has 0 spiro atoms. The molecule has 1 saturated heterocycles. The number of rotatable bonds is 3. The van der Waals surface area contributed by atoms with E-state index in [1.54, 1.807) is 12.1 Å². The molecule has 5 nitrogen and oxygen atoms in total. The van der Waals surface area contributed by atoms with Gasteiger partial charge in [0.2, 0.25) is 0 Å². The summed E-state index contributed by atoms with van der Waals surface area (Å²) in [6, 6.07) is 5.37. The average Bonchev–Trinajstić information content (AvgIpc) is 2.74. The Bertz CT molecular complexity index is 742. The van der Waals surface area contributed by atoms with Gasteiger partial charge in [0.15, 0.2) is 0 Å². The van der Waals surface area contributed by atoms with E-state index in [0.29, 0.717) is 5.56 Å². The minimum atomic E-state index is -0.529. The van der Waals surface area contributed by atoms with Crippen LogP contribution >= 0.6 is 11.6 Å². The normalized spacial score (nSPS) is 19.4. The maximum Gasteiger partial charge on any atom is 0.338 e. The number of aromatic nitrogens is 2. The average molecular weight is 337 g/mol. The molecule has 0 bridgehead atoms. The van der Waals surface area contributed by atoms with Crippen molar-refractivity contribution in [2.45, 2.75) is 51.3 Å². The second kappa shape index (κ2) is 5.80. The molecule has 0 aliphatic carbocycles. The number of esters is 1. The molecule has 3 rings (SSSR count). The number of imidazole rings is 1. The highest BCUT2D eigenvalue weighted by atomic mass is 35.5. The first-order valence-electron chi connectivity index (χ1n) is 7.77. The van der Waals surface area contributed by atoms with Gasteiger partial charge < -0.3 is 9.47 Å². The quantitative estimate of drug-likeness (QED) is 0.622. The monoisotopic (exact) mass is 336 g/mol. The molecule has 2 aromatic rings. The number of fused-ring (bicyclic) bond motifs is 1. The standard InChI is InChI=1S/C17H21ClN2O3/c1-10(18)15-19-12-6-5-11(16(21)23-17(2,3)4)9-13(12)20(15)14-7-8-22-14/h5-6,9-10,14H,7-8H2,1-4H3/t10?,14-/m0/s1. The summed E-state index contributed by atoms with van der Waals surface area (Å²) in [5.41, 5.74) is 1.62. The van der Waals surface area contributed by atoms with Crippen LogP contribution in [0.5, 0.6) is 0 Å². The molecule has 1 unspecified atom stereocenters. The van der Waals surface area contributed by atoms with Gasteiger partial charge in [0.05, 0.1) is 28.6 Å². The Morgan fingerprint density at radius 3 is 2.70 bits per heavy atom. The highest BCUT2D eigenvalue weighted by molar-refractivity contribution is 6.20. The molecule has 2 heterocycles. The lowest BCUT2D eigenvalue weighted by Gasteiger charge is -2.30. The fraction of sp³-hybridized carbons (Fsp3) is 0.529. The maximum atomic E-state index is 12.3. The van der Waals surface area contributed by atoms with Crippen LogP contribution < -0.4 is 0 Å². The van der Waals surface area contributed by atoms with E-state index in [1.807, 2.05) is 38.3 Å². The third-order valence-corrected chi connectivity index (χ3v) is 3.87. The number of hydrogen-bond donors (Lipinski definition) is 0. The molecule has 6 heteroatoms. The fourth-order valence-corrected chi connectivity index (χ4v) is 2.74. The SMILES string of the molecule is CC(Cl)c1nc2ccc(C(=O)OC(C)(C)C)cc2n1[C@@H]1CCO1. The van der Waals surface area contributed by atoms with Crippen LogP contribution in [0.1, 0.15) is 61.9 Å². The summed E-state index contributed by atoms with van der Waals surface area (Å²) in [7, 11) is 0. The largest absolute Gasteiger partial charge is 0.456 e. The molecular weight excluding hydrogens is 316 g/mol. The van der Waals surface area contributed by atoms with Crippen LogP contribution in [0, 0.1) is 0 Å². The zero-order chi connectivity index (χ0) is 16.8. The topological polar surface area (TPSA) is 53.3 Å². The van der Waals surface area contributed by atoms with E-state index in [-0.39, 0.29) is 17.6 Å². The third-order valence-electron chi connectivity index (χ3n) is 3.67. The Hall–Kier alpha value is -1.59. The molecule has 124 valence electrons. The van der Waals surface area contributed by atoms with Crippen LogP contribution in [-0.2, 0) is 9.47 Å². The number of benzene rings is 1. The first-order valence-corrected chi connectivity index (χ1v) is 8.21. The number of nitrogens with zero attached hydrogens (tertiary/aromatic N) is 2. The van der Waals surface area contributed by atoms with E-state index in [4.69, 9.17) is 21.1 Å². The summed E-state index contributed by atoms with van der Waals surface area (Å²) < 4.78 is 13.0. The predicted octanol–water partition coefficient (Wildman–Crippen LogP) is 4.21. The Morgan fingerprint density at radius 1 is 1.48 bits per heavy atom. The Morgan fingerprint density at radius 2 is 2.17 bits per heavy atom. The van der Waals surface area contributed by atoms with Crippen molar-refractivity contribution in [3.05, 3.63) is 29.6 Å². The van der Waals surface area contributed by atoms with Gasteiger partial charge >= 0.3 is 5.97 Å². The van der Waals surface area contributed by atoms with Gasteiger partial charge in [-0.05, 0) is 45.9 Å². The highest BCUT2D eigenvalue weighted by Gasteiger charge is 2.28. The lowest BCUT2D eigenvalue weighted by Crippen LogP contribution is -2.26. The van der Waals surface area contributed by atoms with Crippen LogP contribution in [0.2, 0.25) is 0 Å². The lowest BCUT2D eigenvalue weighted by atomic mass is 10.1. The van der Waals surface area contributed by atoms with E-state index in [9.17, 15) is 4.79 Å². The molecule has 0 radical (unpaired) electrons. The lowest BCUT2D eigenvalue weighted by molar-refractivity contribution is -0.0984. The summed E-state index contributed by atoms with van der Waals surface area (Å²) in [6.45, 7) is 8.16. The number of halogens is 1. The minimum absolute atomic E-state index is 0.0647. The van der Waals surface area contributed by atoms with Crippen molar-refractivity contribution < 1.29 is 14.3 Å². The van der Waals surface area contributed by atoms with Crippen molar-refractivity contribution in [3.8, 4) is 0 Å². The molecule has 23 heavy (non-hydrogen) atoms. The molecule has 2 atom stereocenters. The Balaban J connectivity index is 2.06. The number of hydrogen-bond acceptors (Lipinski definition) is 4. The van der Waals surface area contributed by atoms with Crippen LogP contribution in [0.15, 0.2) is 18.2 Å².